The zero-order valence-corrected chi connectivity index (χ0v) is 15.4. The van der Waals surface area contributed by atoms with Crippen LogP contribution >= 0.6 is 0 Å². The van der Waals surface area contributed by atoms with Crippen molar-refractivity contribution in [2.75, 3.05) is 0 Å². The topological polar surface area (TPSA) is 0 Å². The second-order valence-electron chi connectivity index (χ2n) is 7.49. The van der Waals surface area contributed by atoms with Crippen LogP contribution in [0.2, 0.25) is 0 Å². The lowest BCUT2D eigenvalue weighted by Gasteiger charge is -2.28. The Morgan fingerprint density at radius 3 is 2.04 bits per heavy atom. The van der Waals surface area contributed by atoms with Gasteiger partial charge in [-0.1, -0.05) is 57.6 Å². The summed E-state index contributed by atoms with van der Waals surface area (Å²) in [6.45, 7) is 2.20. The molecule has 140 valence electrons. The van der Waals surface area contributed by atoms with Gasteiger partial charge in [-0.25, -0.2) is 13.2 Å². The molecule has 1 saturated carbocycles. The SMILES string of the molecule is CCC/C=C/CCCC1CCC(CCc2cc(F)c(F)c(F)c2)CC1. The smallest absolute Gasteiger partial charge is 0.194 e. The highest BCUT2D eigenvalue weighted by Crippen LogP contribution is 2.34. The van der Waals surface area contributed by atoms with Crippen molar-refractivity contribution in [1.29, 1.82) is 0 Å². The minimum Gasteiger partial charge on any atom is -0.204 e. The molecule has 0 saturated heterocycles. The van der Waals surface area contributed by atoms with Crippen molar-refractivity contribution in [3.63, 3.8) is 0 Å². The maximum absolute atomic E-state index is 13.3. The van der Waals surface area contributed by atoms with E-state index in [1.54, 1.807) is 0 Å². The largest absolute Gasteiger partial charge is 0.204 e. The van der Waals surface area contributed by atoms with Crippen LogP contribution in [0.15, 0.2) is 24.3 Å². The predicted octanol–water partition coefficient (Wildman–Crippen LogP) is 7.37. The first-order chi connectivity index (χ1) is 12.1. The molecule has 0 nitrogen and oxygen atoms in total. The number of rotatable bonds is 9. The molecule has 1 fully saturated rings. The van der Waals surface area contributed by atoms with Crippen LogP contribution in [0.5, 0.6) is 0 Å². The molecule has 0 N–H and O–H groups in total. The lowest BCUT2D eigenvalue weighted by atomic mass is 9.78. The second-order valence-corrected chi connectivity index (χ2v) is 7.49. The molecule has 0 amide bonds. The fraction of sp³-hybridized carbons (Fsp3) is 0.636. The van der Waals surface area contributed by atoms with Crippen LogP contribution in [0.3, 0.4) is 0 Å². The van der Waals surface area contributed by atoms with Crippen molar-refractivity contribution in [2.45, 2.75) is 77.6 Å². The monoisotopic (exact) mass is 352 g/mol. The molecule has 0 spiro atoms. The maximum Gasteiger partial charge on any atom is 0.194 e. The molecule has 1 aliphatic carbocycles. The Morgan fingerprint density at radius 1 is 0.880 bits per heavy atom. The van der Waals surface area contributed by atoms with E-state index in [2.05, 4.69) is 19.1 Å². The highest BCUT2D eigenvalue weighted by atomic mass is 19.2. The lowest BCUT2D eigenvalue weighted by Crippen LogP contribution is -2.15. The van der Waals surface area contributed by atoms with Gasteiger partial charge in [-0.2, -0.15) is 0 Å². The van der Waals surface area contributed by atoms with E-state index in [0.717, 1.165) is 24.5 Å². The molecule has 0 heterocycles. The van der Waals surface area contributed by atoms with Crippen LogP contribution in [0.1, 0.15) is 76.7 Å². The van der Waals surface area contributed by atoms with Gasteiger partial charge in [0.05, 0.1) is 0 Å². The van der Waals surface area contributed by atoms with Crippen LogP contribution in [-0.2, 0) is 6.42 Å². The Kier molecular flexibility index (Phi) is 8.57. The van der Waals surface area contributed by atoms with E-state index in [9.17, 15) is 13.2 Å². The van der Waals surface area contributed by atoms with Crippen LogP contribution in [0.25, 0.3) is 0 Å². The summed E-state index contributed by atoms with van der Waals surface area (Å²) in [5.74, 6) is -2.04. The van der Waals surface area contributed by atoms with E-state index >= 15 is 0 Å². The summed E-state index contributed by atoms with van der Waals surface area (Å²) in [4.78, 5) is 0. The van der Waals surface area contributed by atoms with Crippen LogP contribution in [0, 0.1) is 29.3 Å². The zero-order chi connectivity index (χ0) is 18.1. The first kappa shape index (κ1) is 20.1. The molecule has 0 atom stereocenters. The highest BCUT2D eigenvalue weighted by Gasteiger charge is 2.21. The van der Waals surface area contributed by atoms with E-state index in [1.165, 1.54) is 57.8 Å². The van der Waals surface area contributed by atoms with Crippen LogP contribution in [-0.4, -0.2) is 0 Å². The summed E-state index contributed by atoms with van der Waals surface area (Å²) in [6.07, 6.45) is 17.3. The molecule has 0 radical (unpaired) electrons. The van der Waals surface area contributed by atoms with Gasteiger partial charge in [0, 0.05) is 0 Å². The Labute approximate surface area is 150 Å². The Balaban J connectivity index is 1.64. The first-order valence-corrected chi connectivity index (χ1v) is 9.88. The van der Waals surface area contributed by atoms with Gasteiger partial charge in [0.25, 0.3) is 0 Å². The van der Waals surface area contributed by atoms with Gasteiger partial charge in [0.15, 0.2) is 17.5 Å². The van der Waals surface area contributed by atoms with Crippen molar-refractivity contribution in [2.24, 2.45) is 11.8 Å². The van der Waals surface area contributed by atoms with Gasteiger partial charge in [-0.3, -0.25) is 0 Å². The summed E-state index contributed by atoms with van der Waals surface area (Å²) in [5.41, 5.74) is 0.567. The van der Waals surface area contributed by atoms with Crippen LogP contribution in [0.4, 0.5) is 13.2 Å². The van der Waals surface area contributed by atoms with E-state index in [4.69, 9.17) is 0 Å². The summed E-state index contributed by atoms with van der Waals surface area (Å²) in [6, 6.07) is 2.27. The number of benzene rings is 1. The maximum atomic E-state index is 13.3. The van der Waals surface area contributed by atoms with E-state index in [-0.39, 0.29) is 0 Å². The van der Waals surface area contributed by atoms with E-state index < -0.39 is 17.5 Å². The number of aryl methyl sites for hydroxylation is 1. The van der Waals surface area contributed by atoms with Crippen molar-refractivity contribution in [3.05, 3.63) is 47.3 Å². The second kappa shape index (κ2) is 10.7. The molecular formula is C22H31F3. The first-order valence-electron chi connectivity index (χ1n) is 9.88. The number of halogens is 3. The van der Waals surface area contributed by atoms with Gasteiger partial charge in [-0.15, -0.1) is 0 Å². The molecule has 1 aromatic carbocycles. The molecule has 2 rings (SSSR count). The average molecular weight is 352 g/mol. The molecule has 0 bridgehead atoms. The lowest BCUT2D eigenvalue weighted by molar-refractivity contribution is 0.250. The minimum atomic E-state index is -1.37. The van der Waals surface area contributed by atoms with Gasteiger partial charge >= 0.3 is 0 Å². The third-order valence-electron chi connectivity index (χ3n) is 5.46. The molecule has 3 heteroatoms. The van der Waals surface area contributed by atoms with E-state index in [0.29, 0.717) is 17.9 Å². The third-order valence-corrected chi connectivity index (χ3v) is 5.46. The fourth-order valence-electron chi connectivity index (χ4n) is 3.86. The number of unbranched alkanes of at least 4 members (excludes halogenated alkanes) is 2. The van der Waals surface area contributed by atoms with Gasteiger partial charge in [-0.05, 0) is 61.6 Å². The van der Waals surface area contributed by atoms with Crippen molar-refractivity contribution < 1.29 is 13.2 Å². The Morgan fingerprint density at radius 2 is 1.44 bits per heavy atom. The molecule has 25 heavy (non-hydrogen) atoms. The highest BCUT2D eigenvalue weighted by molar-refractivity contribution is 5.19. The standard InChI is InChI=1S/C22H31F3/c1-2-3-4-5-6-7-8-17-9-11-18(12-10-17)13-14-19-15-20(23)22(25)21(24)16-19/h4-5,15-18H,2-3,6-14H2,1H3/b5-4+. The summed E-state index contributed by atoms with van der Waals surface area (Å²) in [7, 11) is 0. The summed E-state index contributed by atoms with van der Waals surface area (Å²) >= 11 is 0. The quantitative estimate of drug-likeness (QED) is 0.247. The third kappa shape index (κ3) is 6.87. The molecule has 0 unspecified atom stereocenters. The minimum absolute atomic E-state index is 0.567. The van der Waals surface area contributed by atoms with Crippen molar-refractivity contribution in [1.82, 2.24) is 0 Å². The molecule has 1 aromatic rings. The molecular weight excluding hydrogens is 321 g/mol. The predicted molar refractivity (Wildman–Crippen MR) is 98.0 cm³/mol. The Bertz CT molecular complexity index is 519. The van der Waals surface area contributed by atoms with Crippen LogP contribution < -0.4 is 0 Å². The fourth-order valence-corrected chi connectivity index (χ4v) is 3.86. The number of hydrogen-bond donors (Lipinski definition) is 0. The van der Waals surface area contributed by atoms with Gasteiger partial charge in [0.2, 0.25) is 0 Å². The molecule has 0 aromatic heterocycles. The summed E-state index contributed by atoms with van der Waals surface area (Å²) < 4.78 is 39.5. The summed E-state index contributed by atoms with van der Waals surface area (Å²) in [5, 5.41) is 0. The average Bonchev–Trinajstić information content (AvgIpc) is 2.61. The molecule has 1 aliphatic rings. The van der Waals surface area contributed by atoms with Crippen molar-refractivity contribution in [3.8, 4) is 0 Å². The zero-order valence-electron chi connectivity index (χ0n) is 15.4. The normalized spacial score (nSPS) is 21.1. The van der Waals surface area contributed by atoms with Crippen molar-refractivity contribution >= 4 is 0 Å². The Hall–Kier alpha value is -1.25. The molecule has 0 aliphatic heterocycles. The number of hydrogen-bond acceptors (Lipinski definition) is 0. The number of allylic oxidation sites excluding steroid dienone is 2. The van der Waals surface area contributed by atoms with Gasteiger partial charge < -0.3 is 0 Å². The van der Waals surface area contributed by atoms with E-state index in [1.807, 2.05) is 0 Å². The van der Waals surface area contributed by atoms with Gasteiger partial charge in [0.1, 0.15) is 0 Å².